The molecule has 0 aliphatic carbocycles. The second-order valence-electron chi connectivity index (χ2n) is 11.8. The molecule has 2 amide bonds. The Labute approximate surface area is 236 Å². The number of ether oxygens (including phenoxy) is 1. The van der Waals surface area contributed by atoms with Gasteiger partial charge in [0.15, 0.2) is 0 Å². The van der Waals surface area contributed by atoms with E-state index in [1.54, 1.807) is 31.2 Å². The number of fused-ring (bicyclic) bond motifs is 2. The predicted molar refractivity (Wildman–Crippen MR) is 150 cm³/mol. The van der Waals surface area contributed by atoms with Crippen molar-refractivity contribution >= 4 is 23.3 Å². The summed E-state index contributed by atoms with van der Waals surface area (Å²) in [5.74, 6) is -1.31. The van der Waals surface area contributed by atoms with Gasteiger partial charge in [-0.1, -0.05) is 39.0 Å². The Hall–Kier alpha value is -3.77. The number of carbonyl (C=O) groups excluding carboxylic acids is 2. The second-order valence-corrected chi connectivity index (χ2v) is 12.8. The van der Waals surface area contributed by atoms with Crippen LogP contribution in [0.5, 0.6) is 0 Å². The fourth-order valence-corrected chi connectivity index (χ4v) is 7.60. The molecule has 1 aromatic heterocycles. The molecule has 0 saturated carbocycles. The van der Waals surface area contributed by atoms with Crippen molar-refractivity contribution in [2.45, 2.75) is 71.1 Å². The second kappa shape index (κ2) is 10.0. The van der Waals surface area contributed by atoms with Crippen molar-refractivity contribution in [3.63, 3.8) is 0 Å². The van der Waals surface area contributed by atoms with Crippen molar-refractivity contribution in [1.82, 2.24) is 4.90 Å². The van der Waals surface area contributed by atoms with Crippen LogP contribution in [0.2, 0.25) is 0 Å². The van der Waals surface area contributed by atoms with E-state index in [-0.39, 0.29) is 29.0 Å². The lowest BCUT2D eigenvalue weighted by molar-refractivity contribution is -0.0580. The third kappa shape index (κ3) is 4.64. The number of aryl methyl sites for hydroxylation is 1. The van der Waals surface area contributed by atoms with Crippen LogP contribution in [0.15, 0.2) is 42.5 Å². The van der Waals surface area contributed by atoms with Gasteiger partial charge >= 0.3 is 6.09 Å². The summed E-state index contributed by atoms with van der Waals surface area (Å²) in [7, 11) is 0. The summed E-state index contributed by atoms with van der Waals surface area (Å²) in [5, 5.41) is 9.19. The van der Waals surface area contributed by atoms with E-state index in [1.165, 1.54) is 29.5 Å². The number of thiophene rings is 1. The number of primary amides is 1. The minimum Gasteiger partial charge on any atom is -0.446 e. The number of halogens is 2. The molecular formula is C31H31F2N3O3S. The Morgan fingerprint density at radius 3 is 2.50 bits per heavy atom. The third-order valence-corrected chi connectivity index (χ3v) is 9.58. The van der Waals surface area contributed by atoms with Crippen molar-refractivity contribution in [2.75, 3.05) is 0 Å². The van der Waals surface area contributed by atoms with E-state index < -0.39 is 23.3 Å². The number of piperidine rings is 1. The molecule has 3 heterocycles. The normalized spacial score (nSPS) is 22.2. The minimum absolute atomic E-state index is 0.0944. The van der Waals surface area contributed by atoms with Gasteiger partial charge in [-0.3, -0.25) is 4.79 Å². The van der Waals surface area contributed by atoms with Gasteiger partial charge < -0.3 is 15.4 Å². The molecule has 2 bridgehead atoms. The van der Waals surface area contributed by atoms with Crippen molar-refractivity contribution in [3.8, 4) is 27.6 Å². The number of rotatable bonds is 4. The summed E-state index contributed by atoms with van der Waals surface area (Å²) >= 11 is 1.17. The first-order chi connectivity index (χ1) is 18.8. The summed E-state index contributed by atoms with van der Waals surface area (Å²) in [6.45, 7) is 8.03. The fraction of sp³-hybridized carbons (Fsp3) is 0.387. The summed E-state index contributed by atoms with van der Waals surface area (Å²) in [5.41, 5.74) is 6.37. The van der Waals surface area contributed by atoms with Crippen LogP contribution in [-0.2, 0) is 4.74 Å². The average molecular weight is 564 g/mol. The van der Waals surface area contributed by atoms with Gasteiger partial charge in [0.2, 0.25) is 0 Å². The van der Waals surface area contributed by atoms with Gasteiger partial charge in [0.05, 0.1) is 16.0 Å². The molecule has 5 rings (SSSR count). The first-order valence-electron chi connectivity index (χ1n) is 13.2. The molecule has 0 radical (unpaired) electrons. The maximum absolute atomic E-state index is 15.2. The average Bonchev–Trinajstić information content (AvgIpc) is 3.41. The number of amides is 2. The number of hydrogen-bond acceptors (Lipinski definition) is 5. The van der Waals surface area contributed by atoms with Crippen molar-refractivity contribution in [3.05, 3.63) is 70.1 Å². The maximum Gasteiger partial charge on any atom is 0.404 e. The zero-order valence-electron chi connectivity index (χ0n) is 22.9. The molecule has 6 nitrogen and oxygen atoms in total. The number of nitrogens with zero attached hydrogens (tertiary/aromatic N) is 2. The molecule has 9 heteroatoms. The molecule has 3 unspecified atom stereocenters. The summed E-state index contributed by atoms with van der Waals surface area (Å²) in [4.78, 5) is 28.8. The van der Waals surface area contributed by atoms with Crippen LogP contribution in [0.1, 0.15) is 67.3 Å². The van der Waals surface area contributed by atoms with Crippen molar-refractivity contribution in [2.24, 2.45) is 11.1 Å². The van der Waals surface area contributed by atoms with Gasteiger partial charge in [-0.15, -0.1) is 11.3 Å². The number of nitrogens with two attached hydrogens (primary N) is 1. The molecule has 2 aromatic carbocycles. The topological polar surface area (TPSA) is 96.4 Å². The van der Waals surface area contributed by atoms with Gasteiger partial charge in [0, 0.05) is 34.9 Å². The highest BCUT2D eigenvalue weighted by Crippen LogP contribution is 2.55. The smallest absolute Gasteiger partial charge is 0.404 e. The molecule has 2 aliphatic heterocycles. The van der Waals surface area contributed by atoms with Crippen molar-refractivity contribution in [1.29, 1.82) is 5.26 Å². The number of benzene rings is 2. The van der Waals surface area contributed by atoms with Crippen LogP contribution in [0, 0.1) is 35.3 Å². The molecule has 40 heavy (non-hydrogen) atoms. The van der Waals surface area contributed by atoms with Crippen LogP contribution in [0.3, 0.4) is 0 Å². The van der Waals surface area contributed by atoms with Crippen LogP contribution in [0.25, 0.3) is 21.6 Å². The molecule has 2 N–H and O–H groups in total. The number of carbonyl (C=O) groups is 2. The highest BCUT2D eigenvalue weighted by Gasteiger charge is 2.60. The minimum atomic E-state index is -0.824. The summed E-state index contributed by atoms with van der Waals surface area (Å²) < 4.78 is 35.3. The third-order valence-electron chi connectivity index (χ3n) is 8.43. The van der Waals surface area contributed by atoms with E-state index in [0.717, 1.165) is 18.4 Å². The fourth-order valence-electron chi connectivity index (χ4n) is 6.46. The predicted octanol–water partition coefficient (Wildman–Crippen LogP) is 7.19. The zero-order chi connectivity index (χ0) is 29.0. The standard InChI is InChI=1S/C31H31F2N3O3S/c1-17-5-8-22(25(33)11-17)27-23(18-6-7-19(16-34)24(32)12-18)14-26(40-27)28(37)36-20-9-10-31(36,30(2,3)4)15-21(13-20)39-29(35)38/h5-8,11-12,14,20-21H,9-10,13,15H2,1-4H3,(H2,35,38). The van der Waals surface area contributed by atoms with Gasteiger partial charge in [0.1, 0.15) is 23.8 Å². The first kappa shape index (κ1) is 27.8. The Morgan fingerprint density at radius 1 is 1.12 bits per heavy atom. The maximum atomic E-state index is 15.2. The highest BCUT2D eigenvalue weighted by molar-refractivity contribution is 7.18. The molecular weight excluding hydrogens is 532 g/mol. The van der Waals surface area contributed by atoms with Gasteiger partial charge in [-0.25, -0.2) is 13.6 Å². The van der Waals surface area contributed by atoms with E-state index in [1.807, 2.05) is 11.0 Å². The van der Waals surface area contributed by atoms with Crippen LogP contribution in [-0.4, -0.2) is 34.6 Å². The van der Waals surface area contributed by atoms with E-state index in [0.29, 0.717) is 39.3 Å². The van der Waals surface area contributed by atoms with Crippen molar-refractivity contribution < 1.29 is 23.1 Å². The summed E-state index contributed by atoms with van der Waals surface area (Å²) in [6, 6.07) is 12.5. The van der Waals surface area contributed by atoms with E-state index >= 15 is 4.39 Å². The van der Waals surface area contributed by atoms with Crippen LogP contribution < -0.4 is 5.73 Å². The van der Waals surface area contributed by atoms with Crippen LogP contribution >= 0.6 is 11.3 Å². The van der Waals surface area contributed by atoms with Gasteiger partial charge in [-0.05, 0) is 60.6 Å². The first-order valence-corrected chi connectivity index (χ1v) is 14.1. The Bertz CT molecular complexity index is 1550. The highest BCUT2D eigenvalue weighted by atomic mass is 32.1. The Balaban J connectivity index is 1.63. The van der Waals surface area contributed by atoms with E-state index in [4.69, 9.17) is 10.5 Å². The van der Waals surface area contributed by atoms with Gasteiger partial charge in [-0.2, -0.15) is 5.26 Å². The lowest BCUT2D eigenvalue weighted by atomic mass is 9.67. The quantitative estimate of drug-likeness (QED) is 0.363. The van der Waals surface area contributed by atoms with Crippen LogP contribution in [0.4, 0.5) is 13.6 Å². The Morgan fingerprint density at radius 2 is 1.88 bits per heavy atom. The molecule has 3 atom stereocenters. The molecule has 3 aromatic rings. The monoisotopic (exact) mass is 563 g/mol. The Kier molecular flexibility index (Phi) is 6.95. The molecule has 0 spiro atoms. The zero-order valence-corrected chi connectivity index (χ0v) is 23.7. The largest absolute Gasteiger partial charge is 0.446 e. The lowest BCUT2D eigenvalue weighted by Crippen LogP contribution is -2.62. The van der Waals surface area contributed by atoms with E-state index in [2.05, 4.69) is 20.8 Å². The molecule has 2 aliphatic rings. The molecule has 2 fully saturated rings. The molecule has 208 valence electrons. The number of nitriles is 1. The molecule has 2 saturated heterocycles. The lowest BCUT2D eigenvalue weighted by Gasteiger charge is -2.54. The summed E-state index contributed by atoms with van der Waals surface area (Å²) in [6.07, 6.45) is 1.27. The number of hydrogen-bond donors (Lipinski definition) is 1. The van der Waals surface area contributed by atoms with Gasteiger partial charge in [0.25, 0.3) is 5.91 Å². The SMILES string of the molecule is Cc1ccc(-c2sc(C(=O)N3C4CCC3(C(C)(C)C)CC(OC(N)=O)C4)cc2-c2ccc(C#N)c(F)c2)c(F)c1. The van der Waals surface area contributed by atoms with E-state index in [9.17, 15) is 19.2 Å².